The highest BCUT2D eigenvalue weighted by molar-refractivity contribution is 7.91. The van der Waals surface area contributed by atoms with Gasteiger partial charge in [0.2, 0.25) is 15.9 Å². The molecule has 1 atom stereocenters. The second-order valence-corrected chi connectivity index (χ2v) is 9.35. The number of hydrogen-bond acceptors (Lipinski definition) is 5. The lowest BCUT2D eigenvalue weighted by Gasteiger charge is -2.21. The number of amides is 1. The molecule has 1 fully saturated rings. The van der Waals surface area contributed by atoms with Crippen molar-refractivity contribution in [3.8, 4) is 0 Å². The van der Waals surface area contributed by atoms with Crippen LogP contribution in [0.15, 0.2) is 34.1 Å². The maximum absolute atomic E-state index is 12.4. The van der Waals surface area contributed by atoms with Crippen molar-refractivity contribution in [2.75, 3.05) is 19.3 Å². The van der Waals surface area contributed by atoms with Crippen molar-refractivity contribution in [3.63, 3.8) is 0 Å². The molecule has 1 aromatic carbocycles. The third-order valence-corrected chi connectivity index (χ3v) is 6.31. The first-order chi connectivity index (χ1) is 10.6. The van der Waals surface area contributed by atoms with E-state index >= 15 is 0 Å². The van der Waals surface area contributed by atoms with Gasteiger partial charge in [-0.25, -0.2) is 16.8 Å². The highest BCUT2D eigenvalue weighted by Gasteiger charge is 2.27. The largest absolute Gasteiger partial charge is 0.341 e. The van der Waals surface area contributed by atoms with Gasteiger partial charge in [0.25, 0.3) is 0 Å². The Morgan fingerprint density at radius 2 is 1.70 bits per heavy atom. The maximum atomic E-state index is 12.4. The molecule has 1 aliphatic rings. The van der Waals surface area contributed by atoms with Crippen molar-refractivity contribution in [2.24, 2.45) is 0 Å². The van der Waals surface area contributed by atoms with Gasteiger partial charge in [-0.05, 0) is 38.0 Å². The van der Waals surface area contributed by atoms with Crippen molar-refractivity contribution in [3.05, 3.63) is 24.3 Å². The molecule has 0 spiro atoms. The van der Waals surface area contributed by atoms with Crippen LogP contribution in [0.3, 0.4) is 0 Å². The topological polar surface area (TPSA) is 101 Å². The van der Waals surface area contributed by atoms with Gasteiger partial charge in [0.15, 0.2) is 9.84 Å². The molecule has 0 radical (unpaired) electrons. The quantitative estimate of drug-likeness (QED) is 0.818. The van der Waals surface area contributed by atoms with Crippen molar-refractivity contribution >= 4 is 25.8 Å². The zero-order valence-electron chi connectivity index (χ0n) is 13.0. The summed E-state index contributed by atoms with van der Waals surface area (Å²) in [6.45, 7) is 2.75. The number of nitrogens with zero attached hydrogens (tertiary/aromatic N) is 1. The summed E-state index contributed by atoms with van der Waals surface area (Å²) in [5.74, 6) is -0.273. The fourth-order valence-corrected chi connectivity index (χ4v) is 4.42. The Kier molecular flexibility index (Phi) is 5.12. The number of benzene rings is 1. The van der Waals surface area contributed by atoms with Gasteiger partial charge >= 0.3 is 0 Å². The van der Waals surface area contributed by atoms with Crippen LogP contribution in [-0.2, 0) is 24.7 Å². The number of sulfone groups is 1. The van der Waals surface area contributed by atoms with Gasteiger partial charge in [-0.15, -0.1) is 0 Å². The third-order valence-electron chi connectivity index (χ3n) is 3.66. The predicted molar refractivity (Wildman–Crippen MR) is 85.1 cm³/mol. The van der Waals surface area contributed by atoms with Crippen molar-refractivity contribution in [1.82, 2.24) is 9.62 Å². The molecule has 1 amide bonds. The number of sulfonamides is 1. The van der Waals surface area contributed by atoms with Gasteiger partial charge in [0, 0.05) is 19.3 Å². The second-order valence-electron chi connectivity index (χ2n) is 5.62. The molecule has 1 saturated heterocycles. The van der Waals surface area contributed by atoms with Crippen LogP contribution in [0.25, 0.3) is 0 Å². The van der Waals surface area contributed by atoms with Crippen molar-refractivity contribution in [1.29, 1.82) is 0 Å². The summed E-state index contributed by atoms with van der Waals surface area (Å²) in [4.78, 5) is 13.5. The van der Waals surface area contributed by atoms with E-state index in [1.54, 1.807) is 4.90 Å². The first-order valence-corrected chi connectivity index (χ1v) is 10.6. The highest BCUT2D eigenvalue weighted by Crippen LogP contribution is 2.16. The average Bonchev–Trinajstić information content (AvgIpc) is 2.99. The molecule has 9 heteroatoms. The zero-order valence-corrected chi connectivity index (χ0v) is 14.7. The molecule has 1 aromatic rings. The molecule has 0 saturated carbocycles. The van der Waals surface area contributed by atoms with E-state index in [4.69, 9.17) is 0 Å². The summed E-state index contributed by atoms with van der Waals surface area (Å²) in [6.07, 6.45) is 2.84. The molecule has 0 aromatic heterocycles. The van der Waals surface area contributed by atoms with Gasteiger partial charge in [0.1, 0.15) is 0 Å². The summed E-state index contributed by atoms with van der Waals surface area (Å²) in [7, 11) is -7.49. The second kappa shape index (κ2) is 6.58. The average molecular weight is 360 g/mol. The van der Waals surface area contributed by atoms with E-state index in [9.17, 15) is 21.6 Å². The SMILES string of the molecule is CC(NS(=O)(=O)c1cccc(S(C)(=O)=O)c1)C(=O)N1CCCC1. The smallest absolute Gasteiger partial charge is 0.241 e. The minimum atomic E-state index is -3.98. The lowest BCUT2D eigenvalue weighted by molar-refractivity contribution is -0.131. The monoisotopic (exact) mass is 360 g/mol. The molecule has 1 unspecified atom stereocenters. The first-order valence-electron chi connectivity index (χ1n) is 7.22. The molecular formula is C14H20N2O5S2. The molecular weight excluding hydrogens is 340 g/mol. The predicted octanol–water partition coefficient (Wildman–Crippen LogP) is 0.379. The van der Waals surface area contributed by atoms with Crippen LogP contribution in [-0.4, -0.2) is 53.0 Å². The van der Waals surface area contributed by atoms with Crippen LogP contribution in [0, 0.1) is 0 Å². The lowest BCUT2D eigenvalue weighted by Crippen LogP contribution is -2.45. The summed E-state index contributed by atoms with van der Waals surface area (Å²) < 4.78 is 50.1. The molecule has 7 nitrogen and oxygen atoms in total. The Morgan fingerprint density at radius 1 is 1.13 bits per heavy atom. The van der Waals surface area contributed by atoms with E-state index in [0.29, 0.717) is 13.1 Å². The summed E-state index contributed by atoms with van der Waals surface area (Å²) in [5, 5.41) is 0. The van der Waals surface area contributed by atoms with Gasteiger partial charge in [0.05, 0.1) is 15.8 Å². The zero-order chi connectivity index (χ0) is 17.3. The fourth-order valence-electron chi connectivity index (χ4n) is 2.43. The first kappa shape index (κ1) is 17.9. The molecule has 0 bridgehead atoms. The minimum Gasteiger partial charge on any atom is -0.341 e. The van der Waals surface area contributed by atoms with Gasteiger partial charge in [-0.1, -0.05) is 6.07 Å². The molecule has 23 heavy (non-hydrogen) atoms. The Labute approximate surface area is 136 Å². The fraction of sp³-hybridized carbons (Fsp3) is 0.500. The van der Waals surface area contributed by atoms with E-state index in [1.807, 2.05) is 0 Å². The number of carbonyl (C=O) groups is 1. The van der Waals surface area contributed by atoms with E-state index in [0.717, 1.165) is 25.2 Å². The third kappa shape index (κ3) is 4.30. The Balaban J connectivity index is 2.20. The van der Waals surface area contributed by atoms with Crippen LogP contribution < -0.4 is 4.72 Å². The number of nitrogens with one attached hydrogen (secondary N) is 1. The molecule has 1 heterocycles. The van der Waals surface area contributed by atoms with Crippen molar-refractivity contribution < 1.29 is 21.6 Å². The normalized spacial score (nSPS) is 17.2. The molecule has 128 valence electrons. The molecule has 0 aliphatic carbocycles. The van der Waals surface area contributed by atoms with E-state index in [-0.39, 0.29) is 15.7 Å². The summed E-state index contributed by atoms with van der Waals surface area (Å²) >= 11 is 0. The van der Waals surface area contributed by atoms with Crippen LogP contribution >= 0.6 is 0 Å². The van der Waals surface area contributed by atoms with E-state index in [1.165, 1.54) is 25.1 Å². The van der Waals surface area contributed by atoms with Gasteiger partial charge < -0.3 is 4.90 Å². The standard InChI is InChI=1S/C14H20N2O5S2/c1-11(14(17)16-8-3-4-9-16)15-23(20,21)13-7-5-6-12(10-13)22(2,18)19/h5-7,10-11,15H,3-4,8-9H2,1-2H3. The summed E-state index contributed by atoms with van der Waals surface area (Å²) in [5.41, 5.74) is 0. The molecule has 1 aliphatic heterocycles. The van der Waals surface area contributed by atoms with Crippen LogP contribution in [0.4, 0.5) is 0 Å². The Bertz CT molecular complexity index is 796. The number of carbonyl (C=O) groups excluding carboxylic acids is 1. The maximum Gasteiger partial charge on any atom is 0.241 e. The van der Waals surface area contributed by atoms with Gasteiger partial charge in [-0.2, -0.15) is 4.72 Å². The van der Waals surface area contributed by atoms with E-state index < -0.39 is 25.9 Å². The van der Waals surface area contributed by atoms with Crippen LogP contribution in [0.5, 0.6) is 0 Å². The van der Waals surface area contributed by atoms with Crippen LogP contribution in [0.2, 0.25) is 0 Å². The van der Waals surface area contributed by atoms with Crippen LogP contribution in [0.1, 0.15) is 19.8 Å². The number of rotatable bonds is 5. The number of likely N-dealkylation sites (tertiary alicyclic amines) is 1. The minimum absolute atomic E-state index is 0.0844. The highest BCUT2D eigenvalue weighted by atomic mass is 32.2. The summed E-state index contributed by atoms with van der Waals surface area (Å²) in [6, 6.07) is 4.17. The molecule has 2 rings (SSSR count). The van der Waals surface area contributed by atoms with Gasteiger partial charge in [-0.3, -0.25) is 4.79 Å². The molecule has 1 N–H and O–H groups in total. The Morgan fingerprint density at radius 3 is 2.26 bits per heavy atom. The van der Waals surface area contributed by atoms with E-state index in [2.05, 4.69) is 4.72 Å². The lowest BCUT2D eigenvalue weighted by atomic mass is 10.3. The number of hydrogen-bond donors (Lipinski definition) is 1. The van der Waals surface area contributed by atoms with Crippen molar-refractivity contribution in [2.45, 2.75) is 35.6 Å². The Hall–Kier alpha value is -1.45.